The Morgan fingerprint density at radius 2 is 1.64 bits per heavy atom. The second kappa shape index (κ2) is 6.17. The van der Waals surface area contributed by atoms with E-state index in [0.717, 1.165) is 22.5 Å². The van der Waals surface area contributed by atoms with Gasteiger partial charge in [0.1, 0.15) is 5.82 Å². The molecule has 0 aliphatic carbocycles. The predicted molar refractivity (Wildman–Crippen MR) is 100 cm³/mol. The maximum absolute atomic E-state index is 14.2. The largest absolute Gasteiger partial charge is 0.338 e. The Morgan fingerprint density at radius 1 is 0.920 bits per heavy atom. The van der Waals surface area contributed by atoms with Crippen LogP contribution in [0, 0.1) is 19.7 Å². The fourth-order valence-corrected chi connectivity index (χ4v) is 3.40. The molecule has 0 saturated carbocycles. The fraction of sp³-hybridized carbons (Fsp3) is 0.136. The lowest BCUT2D eigenvalue weighted by atomic mass is 10.1. The van der Waals surface area contributed by atoms with E-state index in [2.05, 4.69) is 35.5 Å². The van der Waals surface area contributed by atoms with E-state index < -0.39 is 0 Å². The molecule has 0 aliphatic heterocycles. The Hall–Kier alpha value is -2.94. The molecule has 4 rings (SSSR count). The summed E-state index contributed by atoms with van der Waals surface area (Å²) >= 11 is 0. The number of aryl methyl sites for hydroxylation is 1. The summed E-state index contributed by atoms with van der Waals surface area (Å²) in [5.41, 5.74) is 6.11. The first kappa shape index (κ1) is 15.6. The SMILES string of the molecule is Cc1c(C)n(Cc2ccccc2F)c2c(-c3ccccc3)nccc12. The first-order valence-corrected chi connectivity index (χ1v) is 8.40. The zero-order valence-electron chi connectivity index (χ0n) is 14.3. The van der Waals surface area contributed by atoms with Gasteiger partial charge in [0, 0.05) is 28.4 Å². The molecule has 2 aromatic heterocycles. The first-order chi connectivity index (χ1) is 12.2. The highest BCUT2D eigenvalue weighted by Gasteiger charge is 2.17. The standard InChI is InChI=1S/C22H19FN2/c1-15-16(2)25(14-18-10-6-7-11-20(18)23)22-19(15)12-13-24-21(22)17-8-4-3-5-9-17/h3-13H,14H2,1-2H3. The Bertz CT molecular complexity index is 1050. The van der Waals surface area contributed by atoms with Crippen LogP contribution in [0.2, 0.25) is 0 Å². The predicted octanol–water partition coefficient (Wildman–Crippen LogP) is 5.51. The van der Waals surface area contributed by atoms with Crippen LogP contribution in [0.3, 0.4) is 0 Å². The Balaban J connectivity index is 1.98. The van der Waals surface area contributed by atoms with Crippen molar-refractivity contribution in [2.45, 2.75) is 20.4 Å². The molecule has 0 amide bonds. The topological polar surface area (TPSA) is 17.8 Å². The lowest BCUT2D eigenvalue weighted by Gasteiger charge is -2.12. The van der Waals surface area contributed by atoms with Gasteiger partial charge in [-0.15, -0.1) is 0 Å². The number of aromatic nitrogens is 2. The minimum atomic E-state index is -0.174. The van der Waals surface area contributed by atoms with E-state index >= 15 is 0 Å². The van der Waals surface area contributed by atoms with Crippen molar-refractivity contribution in [3.63, 3.8) is 0 Å². The molecule has 124 valence electrons. The number of nitrogens with zero attached hydrogens (tertiary/aromatic N) is 2. The molecule has 0 fully saturated rings. The molecule has 2 heterocycles. The van der Waals surface area contributed by atoms with E-state index in [1.165, 1.54) is 17.0 Å². The van der Waals surface area contributed by atoms with Crippen molar-refractivity contribution in [2.75, 3.05) is 0 Å². The quantitative estimate of drug-likeness (QED) is 0.484. The number of rotatable bonds is 3. The molecule has 0 atom stereocenters. The summed E-state index contributed by atoms with van der Waals surface area (Å²) in [6, 6.07) is 19.2. The summed E-state index contributed by atoms with van der Waals surface area (Å²) in [5.74, 6) is -0.174. The van der Waals surface area contributed by atoms with Crippen molar-refractivity contribution < 1.29 is 4.39 Å². The van der Waals surface area contributed by atoms with Crippen molar-refractivity contribution >= 4 is 10.9 Å². The van der Waals surface area contributed by atoms with Crippen LogP contribution in [-0.2, 0) is 6.54 Å². The number of hydrogen-bond donors (Lipinski definition) is 0. The van der Waals surface area contributed by atoms with Crippen LogP contribution in [0.4, 0.5) is 4.39 Å². The second-order valence-corrected chi connectivity index (χ2v) is 6.31. The Morgan fingerprint density at radius 3 is 2.40 bits per heavy atom. The normalized spacial score (nSPS) is 11.2. The number of pyridine rings is 1. The van der Waals surface area contributed by atoms with Crippen molar-refractivity contribution in [2.24, 2.45) is 0 Å². The summed E-state index contributed by atoms with van der Waals surface area (Å²) in [5, 5.41) is 1.17. The number of fused-ring (bicyclic) bond motifs is 1. The van der Waals surface area contributed by atoms with Gasteiger partial charge in [-0.05, 0) is 31.5 Å². The summed E-state index contributed by atoms with van der Waals surface area (Å²) < 4.78 is 16.4. The fourth-order valence-electron chi connectivity index (χ4n) is 3.40. The Kier molecular flexibility index (Phi) is 3.85. The molecule has 2 aromatic carbocycles. The average molecular weight is 330 g/mol. The van der Waals surface area contributed by atoms with Crippen molar-refractivity contribution in [1.82, 2.24) is 9.55 Å². The van der Waals surface area contributed by atoms with Crippen LogP contribution in [-0.4, -0.2) is 9.55 Å². The average Bonchev–Trinajstić information content (AvgIpc) is 2.89. The molecule has 0 N–H and O–H groups in total. The van der Waals surface area contributed by atoms with Crippen LogP contribution in [0.5, 0.6) is 0 Å². The molecule has 4 aromatic rings. The van der Waals surface area contributed by atoms with Gasteiger partial charge in [-0.1, -0.05) is 48.5 Å². The zero-order valence-corrected chi connectivity index (χ0v) is 14.3. The Labute approximate surface area is 146 Å². The minimum Gasteiger partial charge on any atom is -0.338 e. The van der Waals surface area contributed by atoms with Crippen LogP contribution in [0.15, 0.2) is 66.9 Å². The van der Waals surface area contributed by atoms with Crippen LogP contribution in [0.1, 0.15) is 16.8 Å². The highest BCUT2D eigenvalue weighted by molar-refractivity contribution is 5.95. The molecule has 2 nitrogen and oxygen atoms in total. The van der Waals surface area contributed by atoms with Crippen molar-refractivity contribution in [3.8, 4) is 11.3 Å². The molecule has 25 heavy (non-hydrogen) atoms. The highest BCUT2D eigenvalue weighted by Crippen LogP contribution is 2.33. The third-order valence-corrected chi connectivity index (χ3v) is 4.88. The second-order valence-electron chi connectivity index (χ2n) is 6.31. The zero-order chi connectivity index (χ0) is 17.4. The van der Waals surface area contributed by atoms with Crippen LogP contribution in [0.25, 0.3) is 22.2 Å². The smallest absolute Gasteiger partial charge is 0.128 e. The molecule has 0 aliphatic rings. The summed E-state index contributed by atoms with van der Waals surface area (Å²) in [6.45, 7) is 4.70. The number of halogens is 1. The molecule has 0 spiro atoms. The van der Waals surface area contributed by atoms with E-state index in [0.29, 0.717) is 12.1 Å². The van der Waals surface area contributed by atoms with Gasteiger partial charge < -0.3 is 4.57 Å². The van der Waals surface area contributed by atoms with E-state index in [1.807, 2.05) is 42.6 Å². The van der Waals surface area contributed by atoms with E-state index in [-0.39, 0.29) is 5.82 Å². The van der Waals surface area contributed by atoms with Crippen molar-refractivity contribution in [3.05, 3.63) is 89.5 Å². The maximum Gasteiger partial charge on any atom is 0.128 e. The molecular formula is C22H19FN2. The monoisotopic (exact) mass is 330 g/mol. The van der Waals surface area contributed by atoms with Gasteiger partial charge in [0.05, 0.1) is 17.8 Å². The van der Waals surface area contributed by atoms with Gasteiger partial charge in [-0.3, -0.25) is 4.98 Å². The molecule has 3 heteroatoms. The van der Waals surface area contributed by atoms with Crippen molar-refractivity contribution in [1.29, 1.82) is 0 Å². The lowest BCUT2D eigenvalue weighted by Crippen LogP contribution is -2.05. The van der Waals surface area contributed by atoms with Gasteiger partial charge in [-0.25, -0.2) is 4.39 Å². The third-order valence-electron chi connectivity index (χ3n) is 4.88. The molecule has 0 saturated heterocycles. The summed E-state index contributed by atoms with van der Waals surface area (Å²) in [4.78, 5) is 4.64. The van der Waals surface area contributed by atoms with E-state index in [1.54, 1.807) is 6.07 Å². The summed E-state index contributed by atoms with van der Waals surface area (Å²) in [6.07, 6.45) is 1.85. The molecule has 0 unspecified atom stereocenters. The van der Waals surface area contributed by atoms with Gasteiger partial charge in [0.15, 0.2) is 0 Å². The summed E-state index contributed by atoms with van der Waals surface area (Å²) in [7, 11) is 0. The van der Waals surface area contributed by atoms with Gasteiger partial charge >= 0.3 is 0 Å². The van der Waals surface area contributed by atoms with Crippen LogP contribution < -0.4 is 0 Å². The van der Waals surface area contributed by atoms with Crippen LogP contribution >= 0.6 is 0 Å². The lowest BCUT2D eigenvalue weighted by molar-refractivity contribution is 0.600. The minimum absolute atomic E-state index is 0.174. The molecule has 0 radical (unpaired) electrons. The van der Waals surface area contributed by atoms with Gasteiger partial charge in [0.25, 0.3) is 0 Å². The number of benzene rings is 2. The third kappa shape index (κ3) is 2.62. The molecular weight excluding hydrogens is 311 g/mol. The van der Waals surface area contributed by atoms with E-state index in [9.17, 15) is 4.39 Å². The highest BCUT2D eigenvalue weighted by atomic mass is 19.1. The molecule has 0 bridgehead atoms. The van der Waals surface area contributed by atoms with Gasteiger partial charge in [-0.2, -0.15) is 0 Å². The van der Waals surface area contributed by atoms with Gasteiger partial charge in [0.2, 0.25) is 0 Å². The number of hydrogen-bond acceptors (Lipinski definition) is 1. The van der Waals surface area contributed by atoms with E-state index in [4.69, 9.17) is 0 Å². The first-order valence-electron chi connectivity index (χ1n) is 8.40. The maximum atomic E-state index is 14.2.